The summed E-state index contributed by atoms with van der Waals surface area (Å²) in [6.07, 6.45) is 1.30. The molecule has 0 radical (unpaired) electrons. The summed E-state index contributed by atoms with van der Waals surface area (Å²) in [5, 5.41) is 14.0. The summed E-state index contributed by atoms with van der Waals surface area (Å²) >= 11 is 0. The van der Waals surface area contributed by atoms with Crippen LogP contribution in [0.5, 0.6) is 5.75 Å². The number of carbonyl (C=O) groups is 2. The number of rotatable bonds is 7. The quantitative estimate of drug-likeness (QED) is 0.597. The first-order valence-electron chi connectivity index (χ1n) is 12.7. The third kappa shape index (κ3) is 5.76. The maximum Gasteiger partial charge on any atom is 0.419 e. The minimum Gasteiger partial charge on any atom is -0.407 e. The molecule has 2 aromatic carbocycles. The summed E-state index contributed by atoms with van der Waals surface area (Å²) in [5.74, 6) is -2.13. The van der Waals surface area contributed by atoms with Crippen molar-refractivity contribution in [1.29, 1.82) is 0 Å². The van der Waals surface area contributed by atoms with Crippen molar-refractivity contribution in [2.75, 3.05) is 49.1 Å². The van der Waals surface area contributed by atoms with Gasteiger partial charge in [-0.1, -0.05) is 19.4 Å². The molecule has 1 saturated heterocycles. The number of unbranched alkanes of at least 4 members (excludes halogenated alkanes) is 1. The summed E-state index contributed by atoms with van der Waals surface area (Å²) < 4.78 is 32.8. The molecule has 1 unspecified atom stereocenters. The zero-order valence-electron chi connectivity index (χ0n) is 21.5. The highest BCUT2D eigenvalue weighted by molar-refractivity contribution is 6.02. The molecule has 2 atom stereocenters. The number of halogens is 2. The molecule has 37 heavy (non-hydrogen) atoms. The molecule has 2 heterocycles. The Bertz CT molecular complexity index is 1150. The molecule has 0 bridgehead atoms. The fourth-order valence-electron chi connectivity index (χ4n) is 5.19. The molecule has 2 aliphatic heterocycles. The lowest BCUT2D eigenvalue weighted by atomic mass is 9.96. The average molecular weight is 517 g/mol. The second-order valence-electron chi connectivity index (χ2n) is 9.64. The number of aliphatic hydroxyl groups excluding tert-OH is 1. The standard InChI is InChI=1S/C27H34F2N4O4/c1-4-5-10-30-16-21(17-31(30)11-12-34)20-6-8-24-25(13-20)32(15-18(2)33(24)19(3)35)27(36)37-26-9-7-22(28)14-23(26)29/h6-9,13-14,18,21,34H,4-5,10-12,15-17H2,1-3H3/t18-,21?/m0/s1. The van der Waals surface area contributed by atoms with Crippen molar-refractivity contribution in [3.05, 3.63) is 53.6 Å². The van der Waals surface area contributed by atoms with Crippen LogP contribution in [0.25, 0.3) is 0 Å². The fourth-order valence-corrected chi connectivity index (χ4v) is 5.19. The Kier molecular flexibility index (Phi) is 8.41. The van der Waals surface area contributed by atoms with Crippen molar-refractivity contribution >= 4 is 23.4 Å². The third-order valence-electron chi connectivity index (χ3n) is 6.95. The van der Waals surface area contributed by atoms with Gasteiger partial charge in [0.1, 0.15) is 5.82 Å². The van der Waals surface area contributed by atoms with E-state index in [4.69, 9.17) is 4.74 Å². The molecule has 4 rings (SSSR count). The monoisotopic (exact) mass is 516 g/mol. The van der Waals surface area contributed by atoms with Gasteiger partial charge in [0.25, 0.3) is 0 Å². The Hall–Kier alpha value is -3.08. The number of amides is 2. The SMILES string of the molecule is CCCCN1CC(c2ccc3c(c2)N(C(=O)Oc2ccc(F)cc2F)C[C@H](C)N3C(C)=O)CN1CCO. The molecule has 200 valence electrons. The predicted octanol–water partition coefficient (Wildman–Crippen LogP) is 4.13. The number of ether oxygens (including phenoxy) is 1. The minimum atomic E-state index is -0.972. The van der Waals surface area contributed by atoms with Gasteiger partial charge < -0.3 is 14.7 Å². The van der Waals surface area contributed by atoms with Gasteiger partial charge in [-0.3, -0.25) is 9.69 Å². The largest absolute Gasteiger partial charge is 0.419 e. The molecule has 1 N–H and O–H groups in total. The van der Waals surface area contributed by atoms with Gasteiger partial charge >= 0.3 is 6.09 Å². The lowest BCUT2D eigenvalue weighted by Gasteiger charge is -2.40. The Balaban J connectivity index is 1.66. The van der Waals surface area contributed by atoms with Crippen LogP contribution in [0.1, 0.15) is 45.1 Å². The van der Waals surface area contributed by atoms with E-state index in [1.54, 1.807) is 4.90 Å². The van der Waals surface area contributed by atoms with E-state index >= 15 is 0 Å². The van der Waals surface area contributed by atoms with Crippen LogP contribution in [0.4, 0.5) is 25.0 Å². The number of hydrogen-bond acceptors (Lipinski definition) is 6. The second-order valence-corrected chi connectivity index (χ2v) is 9.64. The van der Waals surface area contributed by atoms with E-state index in [-0.39, 0.29) is 36.8 Å². The summed E-state index contributed by atoms with van der Waals surface area (Å²) in [6, 6.07) is 8.13. The topological polar surface area (TPSA) is 76.6 Å². The Morgan fingerprint density at radius 3 is 2.41 bits per heavy atom. The van der Waals surface area contributed by atoms with Crippen LogP contribution in [0.3, 0.4) is 0 Å². The predicted molar refractivity (Wildman–Crippen MR) is 137 cm³/mol. The van der Waals surface area contributed by atoms with Crippen molar-refractivity contribution in [3.8, 4) is 5.75 Å². The van der Waals surface area contributed by atoms with Crippen molar-refractivity contribution in [2.24, 2.45) is 0 Å². The van der Waals surface area contributed by atoms with Crippen molar-refractivity contribution < 1.29 is 28.2 Å². The van der Waals surface area contributed by atoms with E-state index in [2.05, 4.69) is 16.9 Å². The third-order valence-corrected chi connectivity index (χ3v) is 6.95. The van der Waals surface area contributed by atoms with E-state index in [0.717, 1.165) is 50.2 Å². The van der Waals surface area contributed by atoms with Gasteiger partial charge in [-0.15, -0.1) is 0 Å². The zero-order chi connectivity index (χ0) is 26.7. The molecule has 0 aromatic heterocycles. The van der Waals surface area contributed by atoms with E-state index in [0.29, 0.717) is 24.0 Å². The van der Waals surface area contributed by atoms with Gasteiger partial charge in [0, 0.05) is 51.6 Å². The molecule has 10 heteroatoms. The van der Waals surface area contributed by atoms with Gasteiger partial charge in [-0.25, -0.2) is 23.6 Å². The van der Waals surface area contributed by atoms with Gasteiger partial charge in [0.2, 0.25) is 5.91 Å². The fraction of sp³-hybridized carbons (Fsp3) is 0.481. The number of fused-ring (bicyclic) bond motifs is 1. The number of β-amino-alcohol motifs (C(OH)–C–C–N with tert-alkyl or cyclic N) is 1. The van der Waals surface area contributed by atoms with Gasteiger partial charge in [-0.05, 0) is 43.2 Å². The van der Waals surface area contributed by atoms with Crippen LogP contribution in [-0.4, -0.2) is 72.5 Å². The highest BCUT2D eigenvalue weighted by atomic mass is 19.1. The highest BCUT2D eigenvalue weighted by Crippen LogP contribution is 2.39. The highest BCUT2D eigenvalue weighted by Gasteiger charge is 2.37. The lowest BCUT2D eigenvalue weighted by Crippen LogP contribution is -2.52. The number of hydrogen-bond donors (Lipinski definition) is 1. The van der Waals surface area contributed by atoms with Gasteiger partial charge in [0.05, 0.1) is 24.0 Å². The molecular weight excluding hydrogens is 482 g/mol. The van der Waals surface area contributed by atoms with Crippen LogP contribution in [0.2, 0.25) is 0 Å². The first-order chi connectivity index (χ1) is 17.7. The molecule has 1 fully saturated rings. The first-order valence-corrected chi connectivity index (χ1v) is 12.7. The van der Waals surface area contributed by atoms with E-state index in [9.17, 15) is 23.5 Å². The molecular formula is C27H34F2N4O4. The molecule has 0 aliphatic carbocycles. The molecule has 2 aromatic rings. The van der Waals surface area contributed by atoms with Crippen LogP contribution in [0.15, 0.2) is 36.4 Å². The number of anilines is 2. The zero-order valence-corrected chi connectivity index (χ0v) is 21.5. The van der Waals surface area contributed by atoms with Crippen LogP contribution >= 0.6 is 0 Å². The number of carbonyl (C=O) groups excluding carboxylic acids is 2. The van der Waals surface area contributed by atoms with Crippen LogP contribution in [0, 0.1) is 11.6 Å². The maximum absolute atomic E-state index is 14.2. The second kappa shape index (κ2) is 11.5. The maximum atomic E-state index is 14.2. The van der Waals surface area contributed by atoms with Crippen molar-refractivity contribution in [2.45, 2.75) is 45.6 Å². The van der Waals surface area contributed by atoms with Crippen molar-refractivity contribution in [3.63, 3.8) is 0 Å². The molecule has 0 spiro atoms. The number of benzene rings is 2. The van der Waals surface area contributed by atoms with Crippen molar-refractivity contribution in [1.82, 2.24) is 10.0 Å². The van der Waals surface area contributed by atoms with Gasteiger partial charge in [-0.2, -0.15) is 0 Å². The summed E-state index contributed by atoms with van der Waals surface area (Å²) in [6.45, 7) is 8.60. The minimum absolute atomic E-state index is 0.0601. The molecule has 8 nitrogen and oxygen atoms in total. The molecule has 0 saturated carbocycles. The van der Waals surface area contributed by atoms with Gasteiger partial charge in [0.15, 0.2) is 11.6 Å². The first kappa shape index (κ1) is 27.0. The number of aliphatic hydroxyl groups is 1. The average Bonchev–Trinajstić information content (AvgIpc) is 3.26. The van der Waals surface area contributed by atoms with Crippen LogP contribution < -0.4 is 14.5 Å². The summed E-state index contributed by atoms with van der Waals surface area (Å²) in [7, 11) is 0. The van der Waals surface area contributed by atoms with E-state index < -0.39 is 17.7 Å². The summed E-state index contributed by atoms with van der Waals surface area (Å²) in [5.41, 5.74) is 2.06. The Labute approximate surface area is 216 Å². The Morgan fingerprint density at radius 2 is 1.76 bits per heavy atom. The molecule has 2 aliphatic rings. The number of hydrazine groups is 1. The summed E-state index contributed by atoms with van der Waals surface area (Å²) in [4.78, 5) is 28.8. The normalized spacial score (nSPS) is 20.3. The molecule has 2 amide bonds. The smallest absolute Gasteiger partial charge is 0.407 e. The lowest BCUT2D eigenvalue weighted by molar-refractivity contribution is -0.117. The van der Waals surface area contributed by atoms with E-state index in [1.807, 2.05) is 25.1 Å². The number of nitrogens with zero attached hydrogens (tertiary/aromatic N) is 4. The van der Waals surface area contributed by atoms with Crippen LogP contribution in [-0.2, 0) is 4.79 Å². The van der Waals surface area contributed by atoms with E-state index in [1.165, 1.54) is 11.8 Å². The Morgan fingerprint density at radius 1 is 1.03 bits per heavy atom.